The number of aromatic nitrogens is 2. The van der Waals surface area contributed by atoms with Crippen LogP contribution in [0.15, 0.2) is 35.6 Å². The summed E-state index contributed by atoms with van der Waals surface area (Å²) in [5, 5.41) is 13.0. The van der Waals surface area contributed by atoms with Gasteiger partial charge in [0, 0.05) is 13.0 Å². The van der Waals surface area contributed by atoms with Crippen LogP contribution < -0.4 is 24.3 Å². The molecule has 3 rings (SSSR count). The van der Waals surface area contributed by atoms with Gasteiger partial charge in [-0.05, 0) is 30.7 Å². The Labute approximate surface area is 207 Å². The van der Waals surface area contributed by atoms with Crippen LogP contribution in [0.3, 0.4) is 0 Å². The summed E-state index contributed by atoms with van der Waals surface area (Å²) in [6.07, 6.45) is 0.864. The molecule has 1 heterocycles. The lowest BCUT2D eigenvalue weighted by atomic mass is 10.1. The molecule has 0 aliphatic heterocycles. The molecule has 3 aromatic rings. The molecule has 0 spiro atoms. The molecule has 36 heavy (non-hydrogen) atoms. The first-order valence-electron chi connectivity index (χ1n) is 11.0. The maximum Gasteiger partial charge on any atom is 0.513 e. The number of rotatable bonds is 10. The Hall–Kier alpha value is -4.32. The third-order valence-corrected chi connectivity index (χ3v) is 5.02. The van der Waals surface area contributed by atoms with Crippen LogP contribution in [0.1, 0.15) is 25.8 Å². The average molecular weight is 501 g/mol. The Balaban J connectivity index is 1.96. The Morgan fingerprint density at radius 3 is 2.44 bits per heavy atom. The smallest absolute Gasteiger partial charge is 0.493 e. The molecular formula is C24H28N4O8. The molecule has 0 fully saturated rings. The van der Waals surface area contributed by atoms with E-state index in [-0.39, 0.29) is 23.9 Å². The van der Waals surface area contributed by atoms with Crippen molar-refractivity contribution in [3.05, 3.63) is 36.2 Å². The molecule has 0 aliphatic carbocycles. The van der Waals surface area contributed by atoms with Crippen LogP contribution in [0.25, 0.3) is 10.9 Å². The van der Waals surface area contributed by atoms with Crippen LogP contribution >= 0.6 is 0 Å². The largest absolute Gasteiger partial charge is 0.513 e. The van der Waals surface area contributed by atoms with Crippen molar-refractivity contribution in [1.29, 1.82) is 0 Å². The second-order valence-electron chi connectivity index (χ2n) is 7.15. The third-order valence-electron chi connectivity index (χ3n) is 5.02. The summed E-state index contributed by atoms with van der Waals surface area (Å²) in [4.78, 5) is 29.1. The highest BCUT2D eigenvalue weighted by molar-refractivity contribution is 5.96. The molecule has 12 heteroatoms. The highest BCUT2D eigenvalue weighted by atomic mass is 17.1. The number of aliphatic imine (C=N–C) groups is 1. The summed E-state index contributed by atoms with van der Waals surface area (Å²) in [6, 6.07) is 6.77. The second kappa shape index (κ2) is 12.4. The van der Waals surface area contributed by atoms with E-state index in [0.29, 0.717) is 46.9 Å². The van der Waals surface area contributed by atoms with Crippen LogP contribution in [0.5, 0.6) is 23.0 Å². The van der Waals surface area contributed by atoms with Gasteiger partial charge in [-0.3, -0.25) is 0 Å². The number of methoxy groups -OCH3 is 3. The van der Waals surface area contributed by atoms with Crippen molar-refractivity contribution in [1.82, 2.24) is 9.97 Å². The van der Waals surface area contributed by atoms with Crippen LogP contribution in [0, 0.1) is 0 Å². The van der Waals surface area contributed by atoms with Crippen molar-refractivity contribution >= 4 is 34.5 Å². The van der Waals surface area contributed by atoms with Gasteiger partial charge in [-0.15, -0.1) is 0 Å². The Bertz CT molecular complexity index is 1240. The molecule has 0 saturated heterocycles. The van der Waals surface area contributed by atoms with Crippen LogP contribution in [0.2, 0.25) is 0 Å². The van der Waals surface area contributed by atoms with Crippen molar-refractivity contribution in [3.63, 3.8) is 0 Å². The molecule has 0 unspecified atom stereocenters. The molecule has 0 aliphatic rings. The van der Waals surface area contributed by atoms with E-state index in [1.807, 2.05) is 0 Å². The molecule has 0 atom stereocenters. The first-order chi connectivity index (χ1) is 17.5. The summed E-state index contributed by atoms with van der Waals surface area (Å²) in [5.74, 6) is 2.04. The molecular weight excluding hydrogens is 472 g/mol. The number of hydrogen-bond acceptors (Lipinski definition) is 12. The predicted octanol–water partition coefficient (Wildman–Crippen LogP) is 4.73. The molecule has 0 radical (unpaired) electrons. The summed E-state index contributed by atoms with van der Waals surface area (Å²) >= 11 is 0. The number of fused-ring (bicyclic) bond motifs is 1. The van der Waals surface area contributed by atoms with E-state index in [4.69, 9.17) is 28.9 Å². The van der Waals surface area contributed by atoms with E-state index < -0.39 is 6.16 Å². The van der Waals surface area contributed by atoms with Crippen molar-refractivity contribution in [2.45, 2.75) is 26.8 Å². The minimum atomic E-state index is -0.867. The zero-order valence-electron chi connectivity index (χ0n) is 20.7. The SMILES string of the molecule is CCOC(=O)Oc1ccc(CNc2ncnc3c(OC)c(OC)c(OC)cc23)cc1N=C(CC)OO. The van der Waals surface area contributed by atoms with E-state index in [1.54, 1.807) is 38.1 Å². The third kappa shape index (κ3) is 5.84. The number of carbonyl (C=O) groups excluding carboxylic acids is 1. The Morgan fingerprint density at radius 1 is 1.03 bits per heavy atom. The van der Waals surface area contributed by atoms with Gasteiger partial charge >= 0.3 is 6.16 Å². The fourth-order valence-electron chi connectivity index (χ4n) is 3.37. The van der Waals surface area contributed by atoms with Crippen molar-refractivity contribution in [2.75, 3.05) is 33.3 Å². The summed E-state index contributed by atoms with van der Waals surface area (Å²) in [5.41, 5.74) is 1.59. The monoisotopic (exact) mass is 500 g/mol. The molecule has 0 amide bonds. The number of anilines is 1. The minimum Gasteiger partial charge on any atom is -0.493 e. The van der Waals surface area contributed by atoms with E-state index >= 15 is 0 Å². The first-order valence-corrected chi connectivity index (χ1v) is 11.0. The van der Waals surface area contributed by atoms with E-state index in [9.17, 15) is 4.79 Å². The van der Waals surface area contributed by atoms with Gasteiger partial charge in [-0.2, -0.15) is 0 Å². The quantitative estimate of drug-likeness (QED) is 0.0995. The Morgan fingerprint density at radius 2 is 1.81 bits per heavy atom. The average Bonchev–Trinajstić information content (AvgIpc) is 2.90. The molecule has 2 aromatic carbocycles. The van der Waals surface area contributed by atoms with Gasteiger partial charge < -0.3 is 33.9 Å². The normalized spacial score (nSPS) is 11.1. The molecule has 1 aromatic heterocycles. The van der Waals surface area contributed by atoms with Crippen molar-refractivity contribution < 1.29 is 38.6 Å². The van der Waals surface area contributed by atoms with E-state index in [2.05, 4.69) is 25.2 Å². The highest BCUT2D eigenvalue weighted by Gasteiger charge is 2.19. The lowest BCUT2D eigenvalue weighted by Crippen LogP contribution is -2.10. The first kappa shape index (κ1) is 26.3. The predicted molar refractivity (Wildman–Crippen MR) is 132 cm³/mol. The summed E-state index contributed by atoms with van der Waals surface area (Å²) < 4.78 is 26.5. The molecule has 0 saturated carbocycles. The van der Waals surface area contributed by atoms with Crippen LogP contribution in [-0.4, -0.2) is 55.2 Å². The van der Waals surface area contributed by atoms with Crippen LogP contribution in [-0.2, 0) is 16.2 Å². The number of nitrogens with zero attached hydrogens (tertiary/aromatic N) is 3. The topological polar surface area (TPSA) is 143 Å². The zero-order valence-corrected chi connectivity index (χ0v) is 20.7. The van der Waals surface area contributed by atoms with Gasteiger partial charge in [-0.25, -0.2) is 25.0 Å². The number of carbonyl (C=O) groups is 1. The van der Waals surface area contributed by atoms with Gasteiger partial charge in [0.1, 0.15) is 23.3 Å². The lowest BCUT2D eigenvalue weighted by molar-refractivity contribution is -0.156. The maximum absolute atomic E-state index is 11.8. The van der Waals surface area contributed by atoms with Gasteiger partial charge in [-0.1, -0.05) is 13.0 Å². The zero-order chi connectivity index (χ0) is 26.1. The maximum atomic E-state index is 11.8. The van der Waals surface area contributed by atoms with Crippen molar-refractivity contribution in [2.24, 2.45) is 4.99 Å². The number of hydrogen-bond donors (Lipinski definition) is 2. The fraction of sp³-hybridized carbons (Fsp3) is 0.333. The van der Waals surface area contributed by atoms with Gasteiger partial charge in [0.2, 0.25) is 11.6 Å². The van der Waals surface area contributed by atoms with Gasteiger partial charge in [0.25, 0.3) is 0 Å². The van der Waals surface area contributed by atoms with Gasteiger partial charge in [0.05, 0.1) is 33.3 Å². The second-order valence-corrected chi connectivity index (χ2v) is 7.15. The number of benzene rings is 2. The molecule has 192 valence electrons. The highest BCUT2D eigenvalue weighted by Crippen LogP contribution is 2.43. The number of nitrogens with one attached hydrogen (secondary N) is 1. The van der Waals surface area contributed by atoms with Crippen LogP contribution in [0.4, 0.5) is 16.3 Å². The molecule has 2 N–H and O–H groups in total. The fourth-order valence-corrected chi connectivity index (χ4v) is 3.37. The van der Waals surface area contributed by atoms with E-state index in [0.717, 1.165) is 5.56 Å². The Kier molecular flexibility index (Phi) is 9.06. The number of ether oxygens (including phenoxy) is 5. The van der Waals surface area contributed by atoms with E-state index in [1.165, 1.54) is 27.7 Å². The lowest BCUT2D eigenvalue weighted by Gasteiger charge is -2.16. The molecule has 12 nitrogen and oxygen atoms in total. The standard InChI is InChI=1S/C24H28N4O8/c1-6-19(36-30)28-16-10-14(8-9-17(16)35-24(29)34-7-2)12-25-23-15-11-18(31-3)21(32-4)22(33-5)20(15)26-13-27-23/h8-11,13,30H,6-7,12H2,1-5H3,(H,25,26,27). The molecule has 0 bridgehead atoms. The summed E-state index contributed by atoms with van der Waals surface area (Å²) in [7, 11) is 4.57. The summed E-state index contributed by atoms with van der Waals surface area (Å²) in [6.45, 7) is 3.91. The van der Waals surface area contributed by atoms with Crippen molar-refractivity contribution in [3.8, 4) is 23.0 Å². The minimum absolute atomic E-state index is 0.0451. The van der Waals surface area contributed by atoms with Gasteiger partial charge in [0.15, 0.2) is 17.2 Å².